The van der Waals surface area contributed by atoms with Crippen LogP contribution in [0.15, 0.2) is 24.3 Å². The minimum Gasteiger partial charge on any atom is -0.497 e. The summed E-state index contributed by atoms with van der Waals surface area (Å²) in [6.07, 6.45) is 3.96. The largest absolute Gasteiger partial charge is 0.497 e. The number of carbonyl (C=O) groups excluding carboxylic acids is 1. The van der Waals surface area contributed by atoms with E-state index < -0.39 is 5.91 Å². The minimum atomic E-state index is -0.538. The molecule has 0 atom stereocenters. The van der Waals surface area contributed by atoms with Crippen molar-refractivity contribution >= 4 is 11.7 Å². The Morgan fingerprint density at radius 2 is 1.86 bits per heavy atom. The van der Waals surface area contributed by atoms with Gasteiger partial charge < -0.3 is 16.2 Å². The molecule has 0 fully saturated rings. The van der Waals surface area contributed by atoms with Crippen molar-refractivity contribution in [3.05, 3.63) is 41.1 Å². The summed E-state index contributed by atoms with van der Waals surface area (Å²) in [5.74, 6) is 0.448. The van der Waals surface area contributed by atoms with E-state index in [1.807, 2.05) is 24.3 Å². The number of hydrogen-bond donors (Lipinski definition) is 2. The third kappa shape index (κ3) is 2.39. The molecule has 22 heavy (non-hydrogen) atoms. The van der Waals surface area contributed by atoms with Crippen molar-refractivity contribution in [3.63, 3.8) is 0 Å². The van der Waals surface area contributed by atoms with Crippen LogP contribution in [0.4, 0.5) is 5.82 Å². The maximum absolute atomic E-state index is 11.9. The van der Waals surface area contributed by atoms with Crippen LogP contribution in [0.2, 0.25) is 0 Å². The second-order valence-electron chi connectivity index (χ2n) is 5.47. The topological polar surface area (TPSA) is 91.2 Å². The fourth-order valence-corrected chi connectivity index (χ4v) is 3.09. The molecule has 0 aliphatic heterocycles. The normalized spacial score (nSPS) is 13.5. The lowest BCUT2D eigenvalue weighted by Crippen LogP contribution is -2.20. The number of methoxy groups -OCH3 is 1. The van der Waals surface area contributed by atoms with E-state index in [-0.39, 0.29) is 5.82 Å². The third-order valence-corrected chi connectivity index (χ3v) is 4.13. The van der Waals surface area contributed by atoms with E-state index in [0.717, 1.165) is 53.8 Å². The third-order valence-electron chi connectivity index (χ3n) is 4.13. The number of nitrogen functional groups attached to an aromatic ring is 1. The quantitative estimate of drug-likeness (QED) is 0.909. The molecule has 0 saturated heterocycles. The summed E-state index contributed by atoms with van der Waals surface area (Å²) >= 11 is 0. The van der Waals surface area contributed by atoms with E-state index in [1.165, 1.54) is 0 Å². The minimum absolute atomic E-state index is 0.221. The summed E-state index contributed by atoms with van der Waals surface area (Å²) in [5.41, 5.74) is 15.7. The number of hydrogen-bond acceptors (Lipinski definition) is 4. The van der Waals surface area contributed by atoms with Gasteiger partial charge in [0.05, 0.1) is 12.7 Å². The zero-order valence-electron chi connectivity index (χ0n) is 12.6. The fraction of sp³-hybridized carbons (Fsp3) is 0.294. The summed E-state index contributed by atoms with van der Waals surface area (Å²) in [5, 5.41) is 0. The zero-order valence-corrected chi connectivity index (χ0v) is 12.6. The summed E-state index contributed by atoms with van der Waals surface area (Å²) in [4.78, 5) is 16.3. The molecular weight excluding hydrogens is 278 g/mol. The van der Waals surface area contributed by atoms with Gasteiger partial charge in [-0.1, -0.05) is 12.1 Å². The molecule has 1 heterocycles. The average Bonchev–Trinajstić information content (AvgIpc) is 2.53. The molecule has 0 spiro atoms. The van der Waals surface area contributed by atoms with Gasteiger partial charge in [0.1, 0.15) is 11.6 Å². The molecular formula is C17H19N3O2. The highest BCUT2D eigenvalue weighted by molar-refractivity contribution is 6.04. The fourth-order valence-electron chi connectivity index (χ4n) is 3.09. The molecule has 1 aromatic carbocycles. The molecule has 114 valence electrons. The van der Waals surface area contributed by atoms with E-state index in [0.29, 0.717) is 5.56 Å². The summed E-state index contributed by atoms with van der Waals surface area (Å²) in [6, 6.07) is 7.59. The second kappa shape index (κ2) is 5.67. The average molecular weight is 297 g/mol. The van der Waals surface area contributed by atoms with Crippen LogP contribution in [0.1, 0.15) is 34.5 Å². The van der Waals surface area contributed by atoms with Crippen molar-refractivity contribution in [1.82, 2.24) is 4.98 Å². The van der Waals surface area contributed by atoms with Gasteiger partial charge in [-0.15, -0.1) is 0 Å². The monoisotopic (exact) mass is 297 g/mol. The molecule has 0 saturated carbocycles. The van der Waals surface area contributed by atoms with Crippen molar-refractivity contribution in [3.8, 4) is 16.9 Å². The van der Waals surface area contributed by atoms with Gasteiger partial charge in [-0.3, -0.25) is 4.79 Å². The first-order valence-corrected chi connectivity index (χ1v) is 7.37. The molecule has 5 heteroatoms. The number of primary amides is 1. The Kier molecular flexibility index (Phi) is 3.71. The number of nitrogens with zero attached hydrogens (tertiary/aromatic N) is 1. The first kappa shape index (κ1) is 14.4. The summed E-state index contributed by atoms with van der Waals surface area (Å²) in [6.45, 7) is 0. The first-order chi connectivity index (χ1) is 10.6. The lowest BCUT2D eigenvalue weighted by Gasteiger charge is -2.22. The number of carbonyl (C=O) groups is 1. The summed E-state index contributed by atoms with van der Waals surface area (Å²) < 4.78 is 5.19. The van der Waals surface area contributed by atoms with Crippen LogP contribution in [0.25, 0.3) is 11.1 Å². The van der Waals surface area contributed by atoms with Crippen LogP contribution in [0.3, 0.4) is 0 Å². The van der Waals surface area contributed by atoms with Crippen molar-refractivity contribution in [2.24, 2.45) is 5.73 Å². The van der Waals surface area contributed by atoms with Crippen LogP contribution in [-0.2, 0) is 12.8 Å². The molecule has 1 aliphatic rings. The molecule has 0 bridgehead atoms. The van der Waals surface area contributed by atoms with Crippen LogP contribution in [-0.4, -0.2) is 18.0 Å². The predicted octanol–water partition coefficient (Wildman–Crippen LogP) is 2.32. The van der Waals surface area contributed by atoms with Gasteiger partial charge in [0.15, 0.2) is 0 Å². The van der Waals surface area contributed by atoms with Crippen LogP contribution < -0.4 is 16.2 Å². The lowest BCUT2D eigenvalue weighted by molar-refractivity contribution is 0.100. The molecule has 2 aromatic rings. The van der Waals surface area contributed by atoms with Crippen molar-refractivity contribution in [1.29, 1.82) is 0 Å². The van der Waals surface area contributed by atoms with Gasteiger partial charge in [0.25, 0.3) is 5.91 Å². The number of aryl methyl sites for hydroxylation is 1. The van der Waals surface area contributed by atoms with E-state index in [4.69, 9.17) is 16.2 Å². The van der Waals surface area contributed by atoms with E-state index in [1.54, 1.807) is 7.11 Å². The van der Waals surface area contributed by atoms with Gasteiger partial charge in [-0.2, -0.15) is 0 Å². The van der Waals surface area contributed by atoms with Gasteiger partial charge in [0.2, 0.25) is 0 Å². The molecule has 1 aromatic heterocycles. The highest BCUT2D eigenvalue weighted by Crippen LogP contribution is 2.36. The molecule has 1 aliphatic carbocycles. The smallest absolute Gasteiger partial charge is 0.253 e. The number of rotatable bonds is 3. The van der Waals surface area contributed by atoms with Crippen LogP contribution in [0.5, 0.6) is 5.75 Å². The maximum atomic E-state index is 11.9. The molecule has 3 rings (SSSR count). The summed E-state index contributed by atoms with van der Waals surface area (Å²) in [7, 11) is 1.62. The number of fused-ring (bicyclic) bond motifs is 1. The van der Waals surface area contributed by atoms with Crippen LogP contribution in [0, 0.1) is 0 Å². The Hall–Kier alpha value is -2.56. The van der Waals surface area contributed by atoms with Gasteiger partial charge in [-0.25, -0.2) is 4.98 Å². The predicted molar refractivity (Wildman–Crippen MR) is 85.8 cm³/mol. The van der Waals surface area contributed by atoms with Crippen molar-refractivity contribution in [2.45, 2.75) is 25.7 Å². The second-order valence-corrected chi connectivity index (χ2v) is 5.47. The molecule has 1 amide bonds. The number of pyridine rings is 1. The molecule has 5 nitrogen and oxygen atoms in total. The Morgan fingerprint density at radius 1 is 1.18 bits per heavy atom. The van der Waals surface area contributed by atoms with Gasteiger partial charge in [-0.05, 0) is 48.9 Å². The van der Waals surface area contributed by atoms with Gasteiger partial charge >= 0.3 is 0 Å². The molecule has 4 N–H and O–H groups in total. The highest BCUT2D eigenvalue weighted by atomic mass is 16.5. The number of ether oxygens (including phenoxy) is 1. The number of aromatic nitrogens is 1. The zero-order chi connectivity index (χ0) is 15.7. The van der Waals surface area contributed by atoms with E-state index in [9.17, 15) is 4.79 Å². The Bertz CT molecular complexity index is 724. The number of nitrogens with two attached hydrogens (primary N) is 2. The first-order valence-electron chi connectivity index (χ1n) is 7.37. The maximum Gasteiger partial charge on any atom is 0.253 e. The SMILES string of the molecule is COc1ccc(-c2c3c(nc(N)c2C(N)=O)CCCC3)cc1. The van der Waals surface area contributed by atoms with E-state index in [2.05, 4.69) is 4.98 Å². The number of anilines is 1. The standard InChI is InChI=1S/C17H19N3O2/c1-22-11-8-6-10(7-9-11)14-12-4-2-3-5-13(12)20-16(18)15(14)17(19)21/h6-9H,2-5H2,1H3,(H2,18,20)(H2,19,21). The van der Waals surface area contributed by atoms with Gasteiger partial charge in [0, 0.05) is 11.3 Å². The van der Waals surface area contributed by atoms with E-state index >= 15 is 0 Å². The highest BCUT2D eigenvalue weighted by Gasteiger charge is 2.24. The Labute approximate surface area is 129 Å². The Balaban J connectivity index is 2.26. The number of benzene rings is 1. The van der Waals surface area contributed by atoms with Crippen LogP contribution >= 0.6 is 0 Å². The van der Waals surface area contributed by atoms with Crippen molar-refractivity contribution < 1.29 is 9.53 Å². The molecule has 0 radical (unpaired) electrons. The number of amides is 1. The molecule has 0 unspecified atom stereocenters. The Morgan fingerprint density at radius 3 is 2.50 bits per heavy atom. The van der Waals surface area contributed by atoms with Crippen molar-refractivity contribution in [2.75, 3.05) is 12.8 Å². The lowest BCUT2D eigenvalue weighted by atomic mass is 9.86.